The molecule has 2 aliphatic rings. The van der Waals surface area contributed by atoms with Gasteiger partial charge in [0.05, 0.1) is 16.7 Å². The third kappa shape index (κ3) is 6.70. The Hall–Kier alpha value is -2.47. The number of fused-ring (bicyclic) bond motifs is 1. The maximum Gasteiger partial charge on any atom is 0.410 e. The highest BCUT2D eigenvalue weighted by atomic mass is 32.2. The minimum Gasteiger partial charge on any atom is -0.444 e. The molecule has 1 saturated carbocycles. The first-order chi connectivity index (χ1) is 18.4. The van der Waals surface area contributed by atoms with Crippen molar-refractivity contribution in [3.05, 3.63) is 24.0 Å². The Morgan fingerprint density at radius 3 is 2.23 bits per heavy atom. The van der Waals surface area contributed by atoms with E-state index in [1.165, 1.54) is 20.6 Å². The van der Waals surface area contributed by atoms with Gasteiger partial charge in [-0.25, -0.2) is 18.6 Å². The third-order valence-electron chi connectivity index (χ3n) is 7.61. The molecule has 1 aliphatic carbocycles. The normalized spacial score (nSPS) is 19.7. The van der Waals surface area contributed by atoms with E-state index in [0.717, 1.165) is 11.3 Å². The number of amides is 1. The largest absolute Gasteiger partial charge is 0.444 e. The molecule has 0 N–H and O–H groups in total. The molecule has 2 fully saturated rings. The summed E-state index contributed by atoms with van der Waals surface area (Å²) in [5, 5.41) is 0. The van der Waals surface area contributed by atoms with Crippen molar-refractivity contribution in [2.45, 2.75) is 90.7 Å². The topological polar surface area (TPSA) is 88.0 Å². The van der Waals surface area contributed by atoms with E-state index in [4.69, 9.17) is 9.72 Å². The molecule has 1 saturated heterocycles. The zero-order valence-corrected chi connectivity index (χ0v) is 25.5. The standard InChI is InChI=1S/C28H43F2N5O4S/c1-26(2,3)24-31-22-18-21(8-9-23(22)35(24)19-20-10-12-28(29,30)13-11-20)32(7)40(37,38)34-16-14-33(15-17-34)25(36)39-27(4,5)6/h8-9,18,20H,10-17,19H2,1-7H3. The van der Waals surface area contributed by atoms with Crippen molar-refractivity contribution >= 4 is 33.0 Å². The summed E-state index contributed by atoms with van der Waals surface area (Å²) in [6, 6.07) is 5.40. The van der Waals surface area contributed by atoms with Gasteiger partial charge in [-0.15, -0.1) is 0 Å². The Balaban J connectivity index is 1.53. The molecule has 0 radical (unpaired) electrons. The van der Waals surface area contributed by atoms with Gasteiger partial charge in [0.2, 0.25) is 5.92 Å². The average molecular weight is 584 g/mol. The zero-order valence-electron chi connectivity index (χ0n) is 24.7. The van der Waals surface area contributed by atoms with Gasteiger partial charge >= 0.3 is 16.3 Å². The molecule has 224 valence electrons. The maximum absolute atomic E-state index is 13.7. The van der Waals surface area contributed by atoms with Crippen LogP contribution < -0.4 is 4.31 Å². The van der Waals surface area contributed by atoms with Crippen LogP contribution in [0.2, 0.25) is 0 Å². The molecule has 0 unspecified atom stereocenters. The van der Waals surface area contributed by atoms with Gasteiger partial charge in [0.15, 0.2) is 0 Å². The Kier molecular flexibility index (Phi) is 8.19. The second-order valence-corrected chi connectivity index (χ2v) is 15.1. The minimum atomic E-state index is -3.85. The molecule has 0 bridgehead atoms. The average Bonchev–Trinajstić information content (AvgIpc) is 3.22. The van der Waals surface area contributed by atoms with E-state index in [9.17, 15) is 22.0 Å². The number of carbonyl (C=O) groups is 1. The molecule has 0 atom stereocenters. The number of hydrogen-bond donors (Lipinski definition) is 0. The monoisotopic (exact) mass is 583 g/mol. The van der Waals surface area contributed by atoms with Gasteiger partial charge in [-0.3, -0.25) is 4.31 Å². The molecular formula is C28H43F2N5O4S. The lowest BCUT2D eigenvalue weighted by molar-refractivity contribution is -0.0473. The molecule has 2 heterocycles. The molecule has 2 aromatic rings. The Bertz CT molecular complexity index is 1330. The molecule has 1 amide bonds. The number of ether oxygens (including phenoxy) is 1. The number of rotatable bonds is 5. The zero-order chi connectivity index (χ0) is 29.7. The molecule has 1 aromatic heterocycles. The van der Waals surface area contributed by atoms with Gasteiger partial charge in [-0.1, -0.05) is 20.8 Å². The van der Waals surface area contributed by atoms with Crippen LogP contribution in [0.3, 0.4) is 0 Å². The van der Waals surface area contributed by atoms with Gasteiger partial charge in [0, 0.05) is 58.0 Å². The number of imidazole rings is 1. The molecule has 1 aliphatic heterocycles. The van der Waals surface area contributed by atoms with Crippen LogP contribution in [-0.4, -0.2) is 78.0 Å². The highest BCUT2D eigenvalue weighted by molar-refractivity contribution is 7.90. The number of anilines is 1. The number of alkyl halides is 2. The molecular weight excluding hydrogens is 540 g/mol. The fourth-order valence-electron chi connectivity index (χ4n) is 5.35. The Morgan fingerprint density at radius 1 is 1.07 bits per heavy atom. The summed E-state index contributed by atoms with van der Waals surface area (Å²) in [7, 11) is -2.34. The number of hydrogen-bond acceptors (Lipinski definition) is 5. The number of carbonyl (C=O) groups excluding carboxylic acids is 1. The predicted octanol–water partition coefficient (Wildman–Crippen LogP) is 5.39. The van der Waals surface area contributed by atoms with Crippen molar-refractivity contribution in [3.8, 4) is 0 Å². The molecule has 4 rings (SSSR count). The Labute approximate surface area is 236 Å². The number of benzene rings is 1. The highest BCUT2D eigenvalue weighted by Gasteiger charge is 2.36. The fourth-order valence-corrected chi connectivity index (χ4v) is 6.70. The van der Waals surface area contributed by atoms with E-state index in [2.05, 4.69) is 25.3 Å². The molecule has 40 heavy (non-hydrogen) atoms. The van der Waals surface area contributed by atoms with Gasteiger partial charge in [0.25, 0.3) is 0 Å². The van der Waals surface area contributed by atoms with E-state index in [1.807, 2.05) is 6.07 Å². The SMILES string of the molecule is CN(c1ccc2c(c1)nc(C(C)(C)C)n2CC1CCC(F)(F)CC1)S(=O)(=O)N1CCN(C(=O)OC(C)(C)C)CC1. The third-order valence-corrected chi connectivity index (χ3v) is 9.53. The van der Waals surface area contributed by atoms with E-state index in [-0.39, 0.29) is 50.4 Å². The highest BCUT2D eigenvalue weighted by Crippen LogP contribution is 2.38. The van der Waals surface area contributed by atoms with Crippen molar-refractivity contribution in [1.82, 2.24) is 18.8 Å². The number of aromatic nitrogens is 2. The lowest BCUT2D eigenvalue weighted by atomic mass is 9.86. The lowest BCUT2D eigenvalue weighted by Gasteiger charge is -2.36. The van der Waals surface area contributed by atoms with Gasteiger partial charge in [-0.05, 0) is 57.7 Å². The number of halogens is 2. The summed E-state index contributed by atoms with van der Waals surface area (Å²) in [4.78, 5) is 18.8. The smallest absolute Gasteiger partial charge is 0.410 e. The lowest BCUT2D eigenvalue weighted by Crippen LogP contribution is -2.54. The molecule has 0 spiro atoms. The minimum absolute atomic E-state index is 0.0893. The number of nitrogens with zero attached hydrogens (tertiary/aromatic N) is 5. The van der Waals surface area contributed by atoms with Gasteiger partial charge in [-0.2, -0.15) is 12.7 Å². The van der Waals surface area contributed by atoms with E-state index < -0.39 is 27.8 Å². The summed E-state index contributed by atoms with van der Waals surface area (Å²) in [5.74, 6) is -1.59. The summed E-state index contributed by atoms with van der Waals surface area (Å²) in [6.45, 7) is 13.0. The van der Waals surface area contributed by atoms with Crippen LogP contribution in [0.4, 0.5) is 19.3 Å². The summed E-state index contributed by atoms with van der Waals surface area (Å²) in [6.07, 6.45) is 0.310. The van der Waals surface area contributed by atoms with Crippen LogP contribution in [0.5, 0.6) is 0 Å². The Morgan fingerprint density at radius 2 is 1.68 bits per heavy atom. The predicted molar refractivity (Wildman–Crippen MR) is 152 cm³/mol. The second kappa shape index (κ2) is 10.7. The van der Waals surface area contributed by atoms with E-state index in [1.54, 1.807) is 32.9 Å². The molecule has 9 nitrogen and oxygen atoms in total. The maximum atomic E-state index is 13.7. The van der Waals surface area contributed by atoms with Crippen molar-refractivity contribution in [1.29, 1.82) is 0 Å². The van der Waals surface area contributed by atoms with Crippen molar-refractivity contribution in [2.75, 3.05) is 37.5 Å². The summed E-state index contributed by atoms with van der Waals surface area (Å²) in [5.41, 5.74) is 1.10. The summed E-state index contributed by atoms with van der Waals surface area (Å²) < 4.78 is 64.6. The van der Waals surface area contributed by atoms with Crippen molar-refractivity contribution in [2.24, 2.45) is 5.92 Å². The van der Waals surface area contributed by atoms with Gasteiger partial charge in [0.1, 0.15) is 11.4 Å². The van der Waals surface area contributed by atoms with Crippen molar-refractivity contribution in [3.63, 3.8) is 0 Å². The van der Waals surface area contributed by atoms with Crippen LogP contribution >= 0.6 is 0 Å². The van der Waals surface area contributed by atoms with Gasteiger partial charge < -0.3 is 14.2 Å². The first kappa shape index (κ1) is 30.5. The number of piperazine rings is 1. The van der Waals surface area contributed by atoms with Crippen LogP contribution in [0.15, 0.2) is 18.2 Å². The second-order valence-electron chi connectivity index (χ2n) is 13.1. The van der Waals surface area contributed by atoms with E-state index in [0.29, 0.717) is 30.6 Å². The van der Waals surface area contributed by atoms with Crippen LogP contribution in [0, 0.1) is 5.92 Å². The van der Waals surface area contributed by atoms with Crippen LogP contribution in [-0.2, 0) is 26.9 Å². The quantitative estimate of drug-likeness (QED) is 0.471. The molecule has 1 aromatic carbocycles. The first-order valence-corrected chi connectivity index (χ1v) is 15.4. The van der Waals surface area contributed by atoms with Crippen LogP contribution in [0.25, 0.3) is 11.0 Å². The summed E-state index contributed by atoms with van der Waals surface area (Å²) >= 11 is 0. The molecule has 12 heteroatoms. The van der Waals surface area contributed by atoms with Crippen LogP contribution in [0.1, 0.15) is 73.1 Å². The van der Waals surface area contributed by atoms with Crippen molar-refractivity contribution < 1.29 is 26.7 Å². The van der Waals surface area contributed by atoms with E-state index >= 15 is 0 Å². The fraction of sp³-hybridized carbons (Fsp3) is 0.714. The first-order valence-electron chi connectivity index (χ1n) is 14.0.